The van der Waals surface area contributed by atoms with Crippen LogP contribution in [0.2, 0.25) is 0 Å². The fraction of sp³-hybridized carbons (Fsp3) is 0.250. The fourth-order valence-corrected chi connectivity index (χ4v) is 2.24. The van der Waals surface area contributed by atoms with E-state index in [1.54, 1.807) is 12.1 Å². The van der Waals surface area contributed by atoms with Crippen LogP contribution in [0, 0.1) is 5.82 Å². The van der Waals surface area contributed by atoms with Crippen molar-refractivity contribution in [2.24, 2.45) is 0 Å². The third kappa shape index (κ3) is 6.22. The second-order valence-corrected chi connectivity index (χ2v) is 5.86. The molecule has 6 nitrogen and oxygen atoms in total. The monoisotopic (exact) mass is 372 g/mol. The number of rotatable bonds is 7. The molecular formula is C20H21FN2O4. The van der Waals surface area contributed by atoms with Gasteiger partial charge in [0, 0.05) is 11.3 Å². The highest BCUT2D eigenvalue weighted by atomic mass is 19.1. The summed E-state index contributed by atoms with van der Waals surface area (Å²) < 4.78 is 18.1. The number of amides is 2. The zero-order valence-electron chi connectivity index (χ0n) is 15.1. The normalized spacial score (nSPS) is 11.4. The number of aryl methyl sites for hydroxylation is 1. The number of nitrogens with one attached hydrogen (secondary N) is 2. The lowest BCUT2D eigenvalue weighted by Crippen LogP contribution is -2.35. The van der Waals surface area contributed by atoms with Crippen molar-refractivity contribution >= 4 is 23.5 Å². The van der Waals surface area contributed by atoms with Crippen molar-refractivity contribution in [3.05, 3.63) is 65.5 Å². The van der Waals surface area contributed by atoms with E-state index in [0.29, 0.717) is 5.69 Å². The maximum Gasteiger partial charge on any atom is 0.326 e. The Morgan fingerprint density at radius 1 is 1.11 bits per heavy atom. The second kappa shape index (κ2) is 9.47. The second-order valence-electron chi connectivity index (χ2n) is 5.86. The molecule has 142 valence electrons. The molecule has 0 aliphatic rings. The number of esters is 1. The van der Waals surface area contributed by atoms with Crippen molar-refractivity contribution in [3.63, 3.8) is 0 Å². The third-order valence-corrected chi connectivity index (χ3v) is 3.79. The van der Waals surface area contributed by atoms with Crippen LogP contribution in [-0.4, -0.2) is 30.4 Å². The third-order valence-electron chi connectivity index (χ3n) is 3.79. The summed E-state index contributed by atoms with van der Waals surface area (Å²) in [5, 5.41) is 4.97. The summed E-state index contributed by atoms with van der Waals surface area (Å²) in [7, 11) is 0. The summed E-state index contributed by atoms with van der Waals surface area (Å²) in [5.74, 6) is -2.42. The number of hydrogen-bond acceptors (Lipinski definition) is 4. The van der Waals surface area contributed by atoms with Gasteiger partial charge in [0.1, 0.15) is 12.4 Å². The van der Waals surface area contributed by atoms with E-state index in [9.17, 15) is 18.8 Å². The Morgan fingerprint density at radius 3 is 2.44 bits per heavy atom. The number of ether oxygens (including phenoxy) is 1. The molecule has 2 aromatic carbocycles. The van der Waals surface area contributed by atoms with E-state index in [2.05, 4.69) is 10.6 Å². The van der Waals surface area contributed by atoms with Crippen LogP contribution in [0.5, 0.6) is 0 Å². The van der Waals surface area contributed by atoms with E-state index < -0.39 is 36.2 Å². The molecule has 0 radical (unpaired) electrons. The summed E-state index contributed by atoms with van der Waals surface area (Å²) in [6, 6.07) is 12.4. The number of carbonyl (C=O) groups is 3. The molecule has 2 aromatic rings. The molecule has 1 atom stereocenters. The quantitative estimate of drug-likeness (QED) is 0.732. The summed E-state index contributed by atoms with van der Waals surface area (Å²) in [4.78, 5) is 35.7. The minimum Gasteiger partial charge on any atom is -0.451 e. The molecule has 27 heavy (non-hydrogen) atoms. The van der Waals surface area contributed by atoms with Crippen molar-refractivity contribution in [1.82, 2.24) is 5.32 Å². The molecule has 0 saturated carbocycles. The zero-order valence-corrected chi connectivity index (χ0v) is 15.1. The van der Waals surface area contributed by atoms with Crippen LogP contribution in [-0.2, 0) is 20.7 Å². The molecule has 0 fully saturated rings. The Labute approximate surface area is 156 Å². The molecule has 2 amide bonds. The topological polar surface area (TPSA) is 84.5 Å². The molecule has 0 heterocycles. The Kier molecular flexibility index (Phi) is 7.05. The van der Waals surface area contributed by atoms with Crippen molar-refractivity contribution in [2.75, 3.05) is 11.9 Å². The summed E-state index contributed by atoms with van der Waals surface area (Å²) in [6.45, 7) is 3.03. The van der Waals surface area contributed by atoms with Crippen molar-refractivity contribution in [3.8, 4) is 0 Å². The molecule has 2 rings (SSSR count). The minimum absolute atomic E-state index is 0.0871. The van der Waals surface area contributed by atoms with Gasteiger partial charge in [0.05, 0.1) is 0 Å². The van der Waals surface area contributed by atoms with E-state index in [1.165, 1.54) is 25.1 Å². The van der Waals surface area contributed by atoms with Gasteiger partial charge in [-0.25, -0.2) is 4.39 Å². The van der Waals surface area contributed by atoms with Gasteiger partial charge >= 0.3 is 5.97 Å². The van der Waals surface area contributed by atoms with Crippen LogP contribution in [0.25, 0.3) is 0 Å². The summed E-state index contributed by atoms with van der Waals surface area (Å²) in [6.07, 6.45) is -0.140. The van der Waals surface area contributed by atoms with Gasteiger partial charge in [0.15, 0.2) is 6.10 Å². The van der Waals surface area contributed by atoms with E-state index in [-0.39, 0.29) is 5.56 Å². The average Bonchev–Trinajstić information content (AvgIpc) is 2.66. The lowest BCUT2D eigenvalue weighted by Gasteiger charge is -2.14. The predicted molar refractivity (Wildman–Crippen MR) is 98.7 cm³/mol. The van der Waals surface area contributed by atoms with E-state index in [4.69, 9.17) is 4.74 Å². The Hall–Kier alpha value is -3.22. The molecule has 0 aliphatic heterocycles. The maximum atomic E-state index is 13.1. The minimum atomic E-state index is -1.03. The van der Waals surface area contributed by atoms with Crippen LogP contribution in [0.4, 0.5) is 10.1 Å². The van der Waals surface area contributed by atoms with E-state index in [0.717, 1.165) is 18.1 Å². The van der Waals surface area contributed by atoms with Crippen LogP contribution < -0.4 is 10.6 Å². The van der Waals surface area contributed by atoms with Gasteiger partial charge in [0.25, 0.3) is 11.8 Å². The molecular weight excluding hydrogens is 351 g/mol. The highest BCUT2D eigenvalue weighted by Gasteiger charge is 2.18. The Balaban J connectivity index is 1.80. The zero-order chi connectivity index (χ0) is 19.8. The molecule has 0 aromatic heterocycles. The molecule has 0 bridgehead atoms. The van der Waals surface area contributed by atoms with Crippen LogP contribution in [0.15, 0.2) is 48.5 Å². The molecule has 7 heteroatoms. The first kappa shape index (κ1) is 20.1. The largest absolute Gasteiger partial charge is 0.451 e. The maximum absolute atomic E-state index is 13.1. The Morgan fingerprint density at radius 2 is 1.81 bits per heavy atom. The number of anilines is 1. The SMILES string of the molecule is CCc1ccc(NC(=O)[C@@H](C)OC(=O)CNC(=O)c2cccc(F)c2)cc1. The van der Waals surface area contributed by atoms with E-state index in [1.807, 2.05) is 19.1 Å². The fourth-order valence-electron chi connectivity index (χ4n) is 2.24. The first-order chi connectivity index (χ1) is 12.9. The van der Waals surface area contributed by atoms with Crippen LogP contribution in [0.3, 0.4) is 0 Å². The van der Waals surface area contributed by atoms with Gasteiger partial charge < -0.3 is 15.4 Å². The molecule has 0 unspecified atom stereocenters. The molecule has 0 aliphatic carbocycles. The highest BCUT2D eigenvalue weighted by molar-refractivity contribution is 5.97. The molecule has 2 N–H and O–H groups in total. The van der Waals surface area contributed by atoms with Crippen molar-refractivity contribution in [2.45, 2.75) is 26.4 Å². The van der Waals surface area contributed by atoms with Crippen molar-refractivity contribution < 1.29 is 23.5 Å². The number of hydrogen-bond donors (Lipinski definition) is 2. The molecule has 0 spiro atoms. The average molecular weight is 372 g/mol. The standard InChI is InChI=1S/C20H21FN2O4/c1-3-14-7-9-17(10-8-14)23-19(25)13(2)27-18(24)12-22-20(26)15-5-4-6-16(21)11-15/h4-11,13H,3,12H2,1-2H3,(H,22,26)(H,23,25)/t13-/m1/s1. The van der Waals surface area contributed by atoms with E-state index >= 15 is 0 Å². The lowest BCUT2D eigenvalue weighted by atomic mass is 10.1. The van der Waals surface area contributed by atoms with Crippen LogP contribution >= 0.6 is 0 Å². The number of benzene rings is 2. The van der Waals surface area contributed by atoms with Gasteiger partial charge in [-0.15, -0.1) is 0 Å². The summed E-state index contributed by atoms with van der Waals surface area (Å²) in [5.41, 5.74) is 1.82. The predicted octanol–water partition coefficient (Wildman–Crippen LogP) is 2.69. The van der Waals surface area contributed by atoms with Crippen LogP contribution in [0.1, 0.15) is 29.8 Å². The number of carbonyl (C=O) groups excluding carboxylic acids is 3. The van der Waals surface area contributed by atoms with Crippen molar-refractivity contribution in [1.29, 1.82) is 0 Å². The van der Waals surface area contributed by atoms with Gasteiger partial charge in [-0.3, -0.25) is 14.4 Å². The highest BCUT2D eigenvalue weighted by Crippen LogP contribution is 2.11. The van der Waals surface area contributed by atoms with Gasteiger partial charge in [-0.1, -0.05) is 25.1 Å². The smallest absolute Gasteiger partial charge is 0.326 e. The first-order valence-electron chi connectivity index (χ1n) is 8.52. The lowest BCUT2D eigenvalue weighted by molar-refractivity contribution is -0.152. The number of halogens is 1. The van der Waals surface area contributed by atoms with Gasteiger partial charge in [-0.2, -0.15) is 0 Å². The first-order valence-corrected chi connectivity index (χ1v) is 8.52. The van der Waals surface area contributed by atoms with Gasteiger partial charge in [0.2, 0.25) is 0 Å². The summed E-state index contributed by atoms with van der Waals surface area (Å²) >= 11 is 0. The Bertz CT molecular complexity index is 821. The van der Waals surface area contributed by atoms with Gasteiger partial charge in [-0.05, 0) is 49.2 Å². The molecule has 0 saturated heterocycles.